The number of hydrogen-bond donors (Lipinski definition) is 0. The van der Waals surface area contributed by atoms with Gasteiger partial charge in [0, 0.05) is 24.8 Å². The summed E-state index contributed by atoms with van der Waals surface area (Å²) in [4.78, 5) is 29.2. The molecule has 0 aliphatic carbocycles. The van der Waals surface area contributed by atoms with Crippen molar-refractivity contribution < 1.29 is 9.59 Å². The molecule has 1 saturated heterocycles. The Labute approximate surface area is 165 Å². The summed E-state index contributed by atoms with van der Waals surface area (Å²) >= 11 is 1.65. The molecule has 5 heteroatoms. The van der Waals surface area contributed by atoms with Crippen molar-refractivity contribution in [3.05, 3.63) is 48.0 Å². The van der Waals surface area contributed by atoms with Gasteiger partial charge in [-0.3, -0.25) is 9.59 Å². The van der Waals surface area contributed by atoms with Crippen LogP contribution in [0.15, 0.2) is 42.5 Å². The molecule has 0 spiro atoms. The van der Waals surface area contributed by atoms with Crippen molar-refractivity contribution >= 4 is 34.3 Å². The van der Waals surface area contributed by atoms with E-state index in [2.05, 4.69) is 30.3 Å². The maximum Gasteiger partial charge on any atom is 0.246 e. The Kier molecular flexibility index (Phi) is 5.80. The van der Waals surface area contributed by atoms with Gasteiger partial charge >= 0.3 is 0 Å². The molecular weight excluding hydrogens is 356 g/mol. The van der Waals surface area contributed by atoms with Crippen molar-refractivity contribution in [1.82, 2.24) is 9.80 Å². The fourth-order valence-corrected chi connectivity index (χ4v) is 4.59. The Morgan fingerprint density at radius 3 is 2.59 bits per heavy atom. The zero-order valence-electron chi connectivity index (χ0n) is 16.6. The minimum atomic E-state index is -0.467. The molecule has 2 aromatic rings. The lowest BCUT2D eigenvalue weighted by Gasteiger charge is -2.31. The van der Waals surface area contributed by atoms with Gasteiger partial charge in [0.15, 0.2) is 0 Å². The second-order valence-electron chi connectivity index (χ2n) is 8.19. The van der Waals surface area contributed by atoms with E-state index in [-0.39, 0.29) is 17.9 Å². The lowest BCUT2D eigenvalue weighted by molar-refractivity contribution is -0.147. The lowest BCUT2D eigenvalue weighted by Crippen LogP contribution is -2.51. The van der Waals surface area contributed by atoms with Crippen LogP contribution in [0.25, 0.3) is 10.8 Å². The molecular formula is C22H28N2O2S. The summed E-state index contributed by atoms with van der Waals surface area (Å²) in [7, 11) is 1.84. The molecule has 0 bridgehead atoms. The van der Waals surface area contributed by atoms with E-state index < -0.39 is 5.41 Å². The summed E-state index contributed by atoms with van der Waals surface area (Å²) in [5, 5.41) is 2.46. The predicted octanol–water partition coefficient (Wildman–Crippen LogP) is 3.79. The first kappa shape index (κ1) is 19.7. The van der Waals surface area contributed by atoms with Crippen LogP contribution < -0.4 is 0 Å². The monoisotopic (exact) mass is 384 g/mol. The normalized spacial score (nSPS) is 17.3. The largest absolute Gasteiger partial charge is 0.344 e. The van der Waals surface area contributed by atoms with Crippen LogP contribution in [0.2, 0.25) is 0 Å². The molecule has 2 amide bonds. The zero-order chi connectivity index (χ0) is 19.6. The standard InChI is InChI=1S/C22H28N2O2S/c1-22(2,3)21(26)24-15-27-14-19(24)20(25)23(4)13-12-17-10-7-9-16-8-5-6-11-18(16)17/h5-11,19H,12-15H2,1-4H3. The summed E-state index contributed by atoms with van der Waals surface area (Å²) < 4.78 is 0. The number of hydrogen-bond acceptors (Lipinski definition) is 3. The van der Waals surface area contributed by atoms with Crippen LogP contribution in [0, 0.1) is 5.41 Å². The maximum atomic E-state index is 13.0. The second-order valence-corrected chi connectivity index (χ2v) is 9.19. The highest BCUT2D eigenvalue weighted by Gasteiger charge is 2.39. The third kappa shape index (κ3) is 4.29. The summed E-state index contributed by atoms with van der Waals surface area (Å²) in [6.45, 7) is 6.36. The van der Waals surface area contributed by atoms with Gasteiger partial charge in [0.1, 0.15) is 6.04 Å². The van der Waals surface area contributed by atoms with Crippen LogP contribution in [0.5, 0.6) is 0 Å². The van der Waals surface area contributed by atoms with Crippen molar-refractivity contribution in [3.8, 4) is 0 Å². The molecule has 0 aromatic heterocycles. The van der Waals surface area contributed by atoms with Crippen LogP contribution in [-0.2, 0) is 16.0 Å². The Hall–Kier alpha value is -2.01. The molecule has 27 heavy (non-hydrogen) atoms. The summed E-state index contributed by atoms with van der Waals surface area (Å²) in [6.07, 6.45) is 0.802. The first-order valence-electron chi connectivity index (χ1n) is 9.39. The van der Waals surface area contributed by atoms with Gasteiger partial charge in [-0.1, -0.05) is 63.2 Å². The van der Waals surface area contributed by atoms with E-state index in [1.54, 1.807) is 21.6 Å². The fourth-order valence-electron chi connectivity index (χ4n) is 3.44. The topological polar surface area (TPSA) is 40.6 Å². The van der Waals surface area contributed by atoms with Gasteiger partial charge in [0.05, 0.1) is 5.88 Å². The first-order chi connectivity index (χ1) is 12.8. The van der Waals surface area contributed by atoms with Gasteiger partial charge in [0.25, 0.3) is 0 Å². The molecule has 144 valence electrons. The van der Waals surface area contributed by atoms with Gasteiger partial charge < -0.3 is 9.80 Å². The first-order valence-corrected chi connectivity index (χ1v) is 10.5. The minimum absolute atomic E-state index is 0.0397. The van der Waals surface area contributed by atoms with E-state index in [0.717, 1.165) is 6.42 Å². The molecule has 1 aliphatic heterocycles. The summed E-state index contributed by atoms with van der Waals surface area (Å²) in [5.74, 6) is 1.37. The SMILES string of the molecule is CN(CCc1cccc2ccccc12)C(=O)C1CSCN1C(=O)C(C)(C)C. The van der Waals surface area contributed by atoms with Gasteiger partial charge in [-0.15, -0.1) is 11.8 Å². The Bertz CT molecular complexity index is 838. The van der Waals surface area contributed by atoms with Gasteiger partial charge in [-0.05, 0) is 22.8 Å². The molecule has 0 N–H and O–H groups in total. The molecule has 2 aromatic carbocycles. The second kappa shape index (κ2) is 7.93. The van der Waals surface area contributed by atoms with Gasteiger partial charge in [-0.2, -0.15) is 0 Å². The van der Waals surface area contributed by atoms with Crippen molar-refractivity contribution in [1.29, 1.82) is 0 Å². The molecule has 1 unspecified atom stereocenters. The number of thioether (sulfide) groups is 1. The molecule has 1 heterocycles. The number of amides is 2. The van der Waals surface area contributed by atoms with Crippen LogP contribution in [0.1, 0.15) is 26.3 Å². The van der Waals surface area contributed by atoms with Crippen LogP contribution in [-0.4, -0.2) is 52.9 Å². The number of carbonyl (C=O) groups is 2. The van der Waals surface area contributed by atoms with E-state index in [9.17, 15) is 9.59 Å². The number of likely N-dealkylation sites (N-methyl/N-ethyl adjacent to an activating group) is 1. The highest BCUT2D eigenvalue weighted by atomic mass is 32.2. The van der Waals surface area contributed by atoms with Crippen LogP contribution in [0.3, 0.4) is 0 Å². The number of benzene rings is 2. The quantitative estimate of drug-likeness (QED) is 0.805. The van der Waals surface area contributed by atoms with Gasteiger partial charge in [0.2, 0.25) is 11.8 Å². The van der Waals surface area contributed by atoms with Crippen molar-refractivity contribution in [2.45, 2.75) is 33.2 Å². The lowest BCUT2D eigenvalue weighted by atomic mass is 9.94. The van der Waals surface area contributed by atoms with Gasteiger partial charge in [-0.25, -0.2) is 0 Å². The average Bonchev–Trinajstić information content (AvgIpc) is 3.13. The zero-order valence-corrected chi connectivity index (χ0v) is 17.4. The minimum Gasteiger partial charge on any atom is -0.344 e. The number of fused-ring (bicyclic) bond motifs is 1. The molecule has 3 rings (SSSR count). The summed E-state index contributed by atoms with van der Waals surface area (Å²) in [6, 6.07) is 14.3. The van der Waals surface area contributed by atoms with Crippen LogP contribution >= 0.6 is 11.8 Å². The van der Waals surface area contributed by atoms with E-state index in [4.69, 9.17) is 0 Å². The number of rotatable bonds is 4. The summed E-state index contributed by atoms with van der Waals surface area (Å²) in [5.41, 5.74) is 0.779. The highest BCUT2D eigenvalue weighted by molar-refractivity contribution is 7.99. The smallest absolute Gasteiger partial charge is 0.246 e. The van der Waals surface area contributed by atoms with E-state index in [1.807, 2.05) is 40.0 Å². The molecule has 1 fully saturated rings. The van der Waals surface area contributed by atoms with Crippen molar-refractivity contribution in [2.24, 2.45) is 5.41 Å². The van der Waals surface area contributed by atoms with Crippen molar-refractivity contribution in [3.63, 3.8) is 0 Å². The molecule has 4 nitrogen and oxygen atoms in total. The Morgan fingerprint density at radius 2 is 1.85 bits per heavy atom. The third-order valence-corrected chi connectivity index (χ3v) is 6.05. The van der Waals surface area contributed by atoms with E-state index in [0.29, 0.717) is 18.2 Å². The van der Waals surface area contributed by atoms with E-state index >= 15 is 0 Å². The predicted molar refractivity (Wildman–Crippen MR) is 113 cm³/mol. The number of nitrogens with zero attached hydrogens (tertiary/aromatic N) is 2. The molecule has 1 aliphatic rings. The maximum absolute atomic E-state index is 13.0. The fraction of sp³-hybridized carbons (Fsp3) is 0.455. The Morgan fingerprint density at radius 1 is 1.15 bits per heavy atom. The molecule has 0 radical (unpaired) electrons. The average molecular weight is 385 g/mol. The third-order valence-electron chi connectivity index (χ3n) is 5.04. The molecule has 0 saturated carbocycles. The Balaban J connectivity index is 1.68. The van der Waals surface area contributed by atoms with Crippen molar-refractivity contribution in [2.75, 3.05) is 25.2 Å². The van der Waals surface area contributed by atoms with E-state index in [1.165, 1.54) is 16.3 Å². The van der Waals surface area contributed by atoms with Crippen LogP contribution in [0.4, 0.5) is 0 Å². The highest BCUT2D eigenvalue weighted by Crippen LogP contribution is 2.28. The molecule has 1 atom stereocenters. The number of carbonyl (C=O) groups excluding carboxylic acids is 2.